The van der Waals surface area contributed by atoms with Gasteiger partial charge in [-0.15, -0.1) is 0 Å². The molecule has 298 valence electrons. The van der Waals surface area contributed by atoms with E-state index in [1.54, 1.807) is 4.90 Å². The lowest BCUT2D eigenvalue weighted by Gasteiger charge is -2.51. The Balaban J connectivity index is 1.77. The van der Waals surface area contributed by atoms with E-state index in [4.69, 9.17) is 0 Å². The van der Waals surface area contributed by atoms with Crippen LogP contribution in [0.3, 0.4) is 0 Å². The Labute approximate surface area is 321 Å². The van der Waals surface area contributed by atoms with Crippen molar-refractivity contribution < 1.29 is 24.4 Å². The maximum atomic E-state index is 14.4. The van der Waals surface area contributed by atoms with Crippen molar-refractivity contribution in [1.29, 1.82) is 0 Å². The summed E-state index contributed by atoms with van der Waals surface area (Å²) < 4.78 is 0. The second-order valence-corrected chi connectivity index (χ2v) is 18.5. The summed E-state index contributed by atoms with van der Waals surface area (Å²) in [5.41, 5.74) is 1.36. The van der Waals surface area contributed by atoms with Crippen molar-refractivity contribution >= 4 is 23.4 Å². The average Bonchev–Trinajstić information content (AvgIpc) is 3.57. The number of Topliss-reactive ketones (excluding diaryl/α,β-unsaturated/α-hetero) is 2. The highest BCUT2D eigenvalue weighted by atomic mass is 16.5. The summed E-state index contributed by atoms with van der Waals surface area (Å²) in [5.74, 6) is -0.452. The van der Waals surface area contributed by atoms with Gasteiger partial charge in [-0.25, -0.2) is 0 Å². The number of rotatable bonds is 19. The van der Waals surface area contributed by atoms with Crippen LogP contribution in [-0.2, 0) is 25.6 Å². The van der Waals surface area contributed by atoms with E-state index in [-0.39, 0.29) is 47.6 Å². The lowest BCUT2D eigenvalue weighted by molar-refractivity contribution is -0.251. The van der Waals surface area contributed by atoms with Crippen LogP contribution in [0.1, 0.15) is 146 Å². The number of hydrogen-bond donors (Lipinski definition) is 2. The fraction of sp³-hybridized carbons (Fsp3) is 0.733. The zero-order valence-electron chi connectivity index (χ0n) is 35.0. The highest BCUT2D eigenvalue weighted by Crippen LogP contribution is 2.41. The van der Waals surface area contributed by atoms with E-state index in [1.165, 1.54) is 10.6 Å². The molecule has 0 unspecified atom stereocenters. The first-order valence-electron chi connectivity index (χ1n) is 20.6. The number of hydrogen-bond acceptors (Lipinski definition) is 6. The number of piperidine rings is 1. The van der Waals surface area contributed by atoms with E-state index in [2.05, 4.69) is 58.1 Å². The molecule has 0 aromatic heterocycles. The number of amides is 2. The molecule has 5 atom stereocenters. The Kier molecular flexibility index (Phi) is 16.5. The molecule has 2 fully saturated rings. The van der Waals surface area contributed by atoms with Crippen LogP contribution in [0.4, 0.5) is 0 Å². The van der Waals surface area contributed by atoms with Gasteiger partial charge in [-0.2, -0.15) is 5.06 Å². The van der Waals surface area contributed by atoms with E-state index in [9.17, 15) is 24.4 Å². The number of hydroxylamine groups is 2. The molecule has 2 N–H and O–H groups in total. The zero-order chi connectivity index (χ0) is 39.7. The van der Waals surface area contributed by atoms with Crippen LogP contribution in [0.2, 0.25) is 0 Å². The molecule has 2 amide bonds. The summed E-state index contributed by atoms with van der Waals surface area (Å²) in [4.78, 5) is 58.2. The molecule has 0 aliphatic carbocycles. The Bertz CT molecular complexity index is 1380. The molecule has 0 saturated carbocycles. The van der Waals surface area contributed by atoms with Gasteiger partial charge < -0.3 is 15.4 Å². The fourth-order valence-corrected chi connectivity index (χ4v) is 9.07. The van der Waals surface area contributed by atoms with Gasteiger partial charge in [0.2, 0.25) is 11.8 Å². The molecule has 3 rings (SSSR count). The summed E-state index contributed by atoms with van der Waals surface area (Å²) in [5, 5.41) is 15.3. The third-order valence-corrected chi connectivity index (χ3v) is 11.9. The number of nitrogens with one attached hydrogen (secondary N) is 1. The van der Waals surface area contributed by atoms with E-state index in [0.717, 1.165) is 31.2 Å². The minimum Gasteiger partial charge on any atom is -0.346 e. The minimum atomic E-state index is -0.617. The largest absolute Gasteiger partial charge is 0.346 e. The predicted molar refractivity (Wildman–Crippen MR) is 214 cm³/mol. The second-order valence-electron chi connectivity index (χ2n) is 18.5. The van der Waals surface area contributed by atoms with E-state index >= 15 is 0 Å². The molecule has 53 heavy (non-hydrogen) atoms. The van der Waals surface area contributed by atoms with Crippen molar-refractivity contribution in [2.75, 3.05) is 6.54 Å². The van der Waals surface area contributed by atoms with Crippen LogP contribution in [0.5, 0.6) is 0 Å². The Hall–Kier alpha value is -2.84. The standard InChI is InChI=1S/C45H73N3O5/c1-12-13-20-38(40(49)26-35-28-44(8,9)48(53)45(10,11)29-35)46-42(51)37(31(4)5)27-41(50)39-21-17-22-47(39)43(52)36(25-34-18-15-14-16-19-34)24-33(7)32(6)23-30(2)3/h14-16,18-19,24,30-32,35-39,53H,12-13,17,20-23,25-29H2,1-11H3,(H,46,51)/b33-24+/t32-,36+,37-,38-,39-/m0/s1. The third kappa shape index (κ3) is 12.6. The Morgan fingerprint density at radius 2 is 1.60 bits per heavy atom. The van der Waals surface area contributed by atoms with Crippen LogP contribution < -0.4 is 5.32 Å². The molecule has 2 heterocycles. The fourth-order valence-electron chi connectivity index (χ4n) is 9.07. The number of likely N-dealkylation sites (tertiary alicyclic amines) is 1. The second kappa shape index (κ2) is 19.7. The number of benzene rings is 1. The zero-order valence-corrected chi connectivity index (χ0v) is 35.0. The Morgan fingerprint density at radius 1 is 0.981 bits per heavy atom. The first kappa shape index (κ1) is 44.6. The number of ketones is 2. The van der Waals surface area contributed by atoms with Gasteiger partial charge in [0.25, 0.3) is 0 Å². The molecule has 8 nitrogen and oxygen atoms in total. The van der Waals surface area contributed by atoms with Gasteiger partial charge in [0, 0.05) is 36.4 Å². The van der Waals surface area contributed by atoms with E-state index in [1.807, 2.05) is 59.7 Å². The number of unbranched alkanes of at least 4 members (excludes halogenated alkanes) is 1. The van der Waals surface area contributed by atoms with Gasteiger partial charge in [-0.3, -0.25) is 19.2 Å². The van der Waals surface area contributed by atoms with Crippen molar-refractivity contribution in [2.24, 2.45) is 35.5 Å². The maximum absolute atomic E-state index is 14.4. The maximum Gasteiger partial charge on any atom is 0.230 e. The van der Waals surface area contributed by atoms with Crippen molar-refractivity contribution in [3.63, 3.8) is 0 Å². The molecule has 8 heteroatoms. The summed E-state index contributed by atoms with van der Waals surface area (Å²) in [6, 6.07) is 8.90. The van der Waals surface area contributed by atoms with Crippen LogP contribution in [0, 0.1) is 35.5 Å². The molecule has 2 aliphatic rings. The van der Waals surface area contributed by atoms with Crippen molar-refractivity contribution in [2.45, 2.75) is 170 Å². The molecule has 0 spiro atoms. The molecule has 1 aromatic carbocycles. The normalized spacial score (nSPS) is 21.7. The van der Waals surface area contributed by atoms with Gasteiger partial charge in [-0.05, 0) is 109 Å². The Morgan fingerprint density at radius 3 is 2.17 bits per heavy atom. The van der Waals surface area contributed by atoms with Gasteiger partial charge in [0.15, 0.2) is 11.6 Å². The number of nitrogens with zero attached hydrogens (tertiary/aromatic N) is 2. The first-order chi connectivity index (χ1) is 24.8. The van der Waals surface area contributed by atoms with Gasteiger partial charge in [0.05, 0.1) is 18.0 Å². The van der Waals surface area contributed by atoms with Gasteiger partial charge >= 0.3 is 0 Å². The topological polar surface area (TPSA) is 107 Å². The summed E-state index contributed by atoms with van der Waals surface area (Å²) >= 11 is 0. The van der Waals surface area contributed by atoms with Crippen molar-refractivity contribution in [3.05, 3.63) is 47.5 Å². The quantitative estimate of drug-likeness (QED) is 0.137. The number of carbonyl (C=O) groups is 4. The lowest BCUT2D eigenvalue weighted by Crippen LogP contribution is -2.59. The predicted octanol–water partition coefficient (Wildman–Crippen LogP) is 8.99. The lowest BCUT2D eigenvalue weighted by atomic mass is 9.73. The smallest absolute Gasteiger partial charge is 0.230 e. The SMILES string of the molecule is CCCC[C@H](NC(=O)[C@@H](CC(=O)[C@@H]1CCCN1C(=O)[C@H](/C=C(\C)[C@@H](C)CC(C)C)Cc1ccccc1)C(C)C)C(=O)CC1CC(C)(C)N(O)C(C)(C)C1. The van der Waals surface area contributed by atoms with Crippen LogP contribution in [0.15, 0.2) is 42.0 Å². The molecular weight excluding hydrogens is 663 g/mol. The highest BCUT2D eigenvalue weighted by Gasteiger charge is 2.46. The molecular formula is C45H73N3O5. The van der Waals surface area contributed by atoms with Gasteiger partial charge in [-0.1, -0.05) is 96.4 Å². The average molecular weight is 736 g/mol. The minimum absolute atomic E-state index is 0.0186. The summed E-state index contributed by atoms with van der Waals surface area (Å²) in [6.07, 6.45) is 9.11. The number of allylic oxidation sites excluding steroid dienone is 1. The summed E-state index contributed by atoms with van der Waals surface area (Å²) in [7, 11) is 0. The third-order valence-electron chi connectivity index (χ3n) is 11.9. The van der Waals surface area contributed by atoms with Crippen LogP contribution in [-0.4, -0.2) is 68.3 Å². The molecule has 2 saturated heterocycles. The highest BCUT2D eigenvalue weighted by molar-refractivity contribution is 5.95. The van der Waals surface area contributed by atoms with E-state index in [0.29, 0.717) is 56.9 Å². The summed E-state index contributed by atoms with van der Waals surface area (Å²) in [6.45, 7) is 23.3. The first-order valence-corrected chi connectivity index (χ1v) is 20.6. The van der Waals surface area contributed by atoms with Gasteiger partial charge in [0.1, 0.15) is 0 Å². The molecule has 0 radical (unpaired) electrons. The molecule has 0 bridgehead atoms. The van der Waals surface area contributed by atoms with Crippen molar-refractivity contribution in [1.82, 2.24) is 15.3 Å². The molecule has 2 aliphatic heterocycles. The van der Waals surface area contributed by atoms with Crippen LogP contribution in [0.25, 0.3) is 0 Å². The monoisotopic (exact) mass is 736 g/mol. The van der Waals surface area contributed by atoms with Crippen molar-refractivity contribution in [3.8, 4) is 0 Å². The number of carbonyl (C=O) groups excluding carboxylic acids is 4. The van der Waals surface area contributed by atoms with Crippen LogP contribution >= 0.6 is 0 Å². The molecule has 1 aromatic rings. The van der Waals surface area contributed by atoms with E-state index < -0.39 is 29.1 Å².